The Labute approximate surface area is 92.9 Å². The predicted molar refractivity (Wildman–Crippen MR) is 57.8 cm³/mol. The van der Waals surface area contributed by atoms with Gasteiger partial charge in [0.05, 0.1) is 13.4 Å². The molecule has 0 aliphatic rings. The van der Waals surface area contributed by atoms with Crippen LogP contribution in [0.4, 0.5) is 4.39 Å². The highest BCUT2D eigenvalue weighted by Crippen LogP contribution is 2.27. The van der Waals surface area contributed by atoms with Crippen molar-refractivity contribution in [2.45, 2.75) is 0 Å². The highest BCUT2D eigenvalue weighted by molar-refractivity contribution is 9.11. The second-order valence-electron chi connectivity index (χ2n) is 2.32. The zero-order valence-electron chi connectivity index (χ0n) is 6.85. The SMILES string of the molecule is CO/C=C/c1c(Br)cc(F)cc1Br. The van der Waals surface area contributed by atoms with Gasteiger partial charge in [0.15, 0.2) is 0 Å². The van der Waals surface area contributed by atoms with Gasteiger partial charge in [0.1, 0.15) is 5.82 Å². The summed E-state index contributed by atoms with van der Waals surface area (Å²) in [5, 5.41) is 0. The lowest BCUT2D eigenvalue weighted by Gasteiger charge is -2.02. The van der Waals surface area contributed by atoms with Crippen LogP contribution in [0.15, 0.2) is 27.3 Å². The Balaban J connectivity index is 3.13. The number of benzene rings is 1. The molecule has 1 aromatic carbocycles. The number of ether oxygens (including phenoxy) is 1. The highest BCUT2D eigenvalue weighted by atomic mass is 79.9. The fourth-order valence-electron chi connectivity index (χ4n) is 0.849. The van der Waals surface area contributed by atoms with Crippen LogP contribution in [0.5, 0.6) is 0 Å². The van der Waals surface area contributed by atoms with Gasteiger partial charge in [0.2, 0.25) is 0 Å². The topological polar surface area (TPSA) is 9.23 Å². The van der Waals surface area contributed by atoms with Gasteiger partial charge in [0.25, 0.3) is 0 Å². The Hall–Kier alpha value is -0.350. The fraction of sp³-hybridized carbons (Fsp3) is 0.111. The second kappa shape index (κ2) is 4.77. The van der Waals surface area contributed by atoms with E-state index in [2.05, 4.69) is 31.9 Å². The van der Waals surface area contributed by atoms with E-state index in [-0.39, 0.29) is 5.82 Å². The maximum Gasteiger partial charge on any atom is 0.125 e. The van der Waals surface area contributed by atoms with E-state index in [9.17, 15) is 4.39 Å². The van der Waals surface area contributed by atoms with Crippen molar-refractivity contribution < 1.29 is 9.13 Å². The molecule has 0 saturated heterocycles. The first kappa shape index (κ1) is 10.7. The van der Waals surface area contributed by atoms with Crippen molar-refractivity contribution in [1.82, 2.24) is 0 Å². The molecule has 0 unspecified atom stereocenters. The molecule has 0 saturated carbocycles. The zero-order valence-corrected chi connectivity index (χ0v) is 10.0. The molecule has 4 heteroatoms. The van der Waals surface area contributed by atoms with Crippen molar-refractivity contribution in [2.24, 2.45) is 0 Å². The van der Waals surface area contributed by atoms with Crippen molar-refractivity contribution in [1.29, 1.82) is 0 Å². The van der Waals surface area contributed by atoms with Crippen molar-refractivity contribution in [2.75, 3.05) is 7.11 Å². The summed E-state index contributed by atoms with van der Waals surface area (Å²) in [7, 11) is 1.56. The van der Waals surface area contributed by atoms with Gasteiger partial charge in [0, 0.05) is 14.5 Å². The van der Waals surface area contributed by atoms with Crippen LogP contribution in [0.3, 0.4) is 0 Å². The van der Waals surface area contributed by atoms with Gasteiger partial charge in [-0.3, -0.25) is 0 Å². The summed E-state index contributed by atoms with van der Waals surface area (Å²) in [6.07, 6.45) is 3.27. The third kappa shape index (κ3) is 2.81. The van der Waals surface area contributed by atoms with Crippen molar-refractivity contribution in [3.05, 3.63) is 38.7 Å². The lowest BCUT2D eigenvalue weighted by Crippen LogP contribution is -1.82. The van der Waals surface area contributed by atoms with Gasteiger partial charge in [-0.2, -0.15) is 0 Å². The Kier molecular flexibility index (Phi) is 3.93. The van der Waals surface area contributed by atoms with Crippen LogP contribution < -0.4 is 0 Å². The van der Waals surface area contributed by atoms with E-state index < -0.39 is 0 Å². The number of methoxy groups -OCH3 is 1. The molecule has 0 radical (unpaired) electrons. The minimum absolute atomic E-state index is 0.284. The van der Waals surface area contributed by atoms with Crippen LogP contribution in [0, 0.1) is 5.82 Å². The zero-order chi connectivity index (χ0) is 9.84. The summed E-state index contributed by atoms with van der Waals surface area (Å²) in [4.78, 5) is 0. The summed E-state index contributed by atoms with van der Waals surface area (Å²) < 4.78 is 19.0. The van der Waals surface area contributed by atoms with E-state index in [0.717, 1.165) is 5.56 Å². The first-order chi connectivity index (χ1) is 6.15. The van der Waals surface area contributed by atoms with E-state index >= 15 is 0 Å². The molecular formula is C9H7Br2FO. The maximum atomic E-state index is 12.8. The van der Waals surface area contributed by atoms with Crippen molar-refractivity contribution in [3.63, 3.8) is 0 Å². The van der Waals surface area contributed by atoms with E-state index in [4.69, 9.17) is 4.74 Å². The maximum absolute atomic E-state index is 12.8. The van der Waals surface area contributed by atoms with E-state index in [1.54, 1.807) is 13.2 Å². The van der Waals surface area contributed by atoms with Crippen LogP contribution in [0.1, 0.15) is 5.56 Å². The molecule has 0 heterocycles. The molecule has 13 heavy (non-hydrogen) atoms. The molecule has 0 fully saturated rings. The van der Waals surface area contributed by atoms with Gasteiger partial charge in [-0.25, -0.2) is 4.39 Å². The van der Waals surface area contributed by atoms with Crippen molar-refractivity contribution in [3.8, 4) is 0 Å². The summed E-state index contributed by atoms with van der Waals surface area (Å²) in [5.74, 6) is -0.284. The molecule has 0 aromatic heterocycles. The van der Waals surface area contributed by atoms with E-state index in [0.29, 0.717) is 8.95 Å². The summed E-state index contributed by atoms with van der Waals surface area (Å²) in [6.45, 7) is 0. The normalized spacial score (nSPS) is 10.8. The number of hydrogen-bond donors (Lipinski definition) is 0. The molecule has 1 nitrogen and oxygen atoms in total. The van der Waals surface area contributed by atoms with Gasteiger partial charge in [-0.1, -0.05) is 31.9 Å². The fourth-order valence-corrected chi connectivity index (χ4v) is 2.24. The number of rotatable bonds is 2. The van der Waals surface area contributed by atoms with E-state index in [1.165, 1.54) is 18.4 Å². The molecule has 0 aliphatic carbocycles. The quantitative estimate of drug-likeness (QED) is 0.751. The van der Waals surface area contributed by atoms with Crippen LogP contribution in [0.25, 0.3) is 6.08 Å². The summed E-state index contributed by atoms with van der Waals surface area (Å²) in [6, 6.07) is 2.81. The Morgan fingerprint density at radius 3 is 2.31 bits per heavy atom. The molecular weight excluding hydrogens is 303 g/mol. The molecule has 0 N–H and O–H groups in total. The molecule has 0 bridgehead atoms. The van der Waals surface area contributed by atoms with Crippen LogP contribution >= 0.6 is 31.9 Å². The minimum Gasteiger partial charge on any atom is -0.504 e. The monoisotopic (exact) mass is 308 g/mol. The van der Waals surface area contributed by atoms with Gasteiger partial charge >= 0.3 is 0 Å². The largest absolute Gasteiger partial charge is 0.504 e. The number of hydrogen-bond acceptors (Lipinski definition) is 1. The molecule has 0 atom stereocenters. The first-order valence-corrected chi connectivity index (χ1v) is 5.07. The second-order valence-corrected chi connectivity index (χ2v) is 4.03. The molecule has 1 aromatic rings. The average molecular weight is 310 g/mol. The van der Waals surface area contributed by atoms with Gasteiger partial charge < -0.3 is 4.74 Å². The lowest BCUT2D eigenvalue weighted by atomic mass is 10.2. The van der Waals surface area contributed by atoms with Gasteiger partial charge in [-0.15, -0.1) is 0 Å². The molecule has 0 amide bonds. The first-order valence-electron chi connectivity index (χ1n) is 3.49. The van der Waals surface area contributed by atoms with E-state index in [1.807, 2.05) is 0 Å². The third-order valence-corrected chi connectivity index (χ3v) is 2.73. The Morgan fingerprint density at radius 2 is 1.85 bits per heavy atom. The third-order valence-electron chi connectivity index (χ3n) is 1.41. The van der Waals surface area contributed by atoms with Crippen molar-refractivity contribution >= 4 is 37.9 Å². The summed E-state index contributed by atoms with van der Waals surface area (Å²) >= 11 is 6.50. The molecule has 0 aliphatic heterocycles. The summed E-state index contributed by atoms with van der Waals surface area (Å²) in [5.41, 5.74) is 0.850. The van der Waals surface area contributed by atoms with Crippen LogP contribution in [0.2, 0.25) is 0 Å². The molecule has 1 rings (SSSR count). The Morgan fingerprint density at radius 1 is 1.31 bits per heavy atom. The number of halogens is 3. The lowest BCUT2D eigenvalue weighted by molar-refractivity contribution is 0.341. The molecule has 0 spiro atoms. The minimum atomic E-state index is -0.284. The molecule has 70 valence electrons. The predicted octanol–water partition coefficient (Wildman–Crippen LogP) is 3.97. The Bertz CT molecular complexity index is 313. The van der Waals surface area contributed by atoms with Crippen LogP contribution in [-0.2, 0) is 4.74 Å². The standard InChI is InChI=1S/C9H7Br2FO/c1-13-3-2-7-8(10)4-6(12)5-9(7)11/h2-5H,1H3/b3-2+. The van der Waals surface area contributed by atoms with Gasteiger partial charge in [-0.05, 0) is 18.2 Å². The smallest absolute Gasteiger partial charge is 0.125 e. The van der Waals surface area contributed by atoms with Crippen LogP contribution in [-0.4, -0.2) is 7.11 Å². The highest BCUT2D eigenvalue weighted by Gasteiger charge is 2.04. The average Bonchev–Trinajstić information content (AvgIpc) is 2.02.